The molecule has 0 radical (unpaired) electrons. The van der Waals surface area contributed by atoms with E-state index in [0.717, 1.165) is 19.3 Å². The molecule has 1 fully saturated rings. The molecule has 17 heavy (non-hydrogen) atoms. The Morgan fingerprint density at radius 1 is 1.53 bits per heavy atom. The number of aromatic nitrogens is 2. The third-order valence-electron chi connectivity index (χ3n) is 3.37. The van der Waals surface area contributed by atoms with Crippen LogP contribution >= 0.6 is 0 Å². The Balaban J connectivity index is 2.22. The van der Waals surface area contributed by atoms with Gasteiger partial charge in [0.05, 0.1) is 5.25 Å². The van der Waals surface area contributed by atoms with Gasteiger partial charge >= 0.3 is 0 Å². The maximum Gasteiger partial charge on any atom is 0.212 e. The van der Waals surface area contributed by atoms with E-state index in [1.165, 1.54) is 6.26 Å². The van der Waals surface area contributed by atoms with Gasteiger partial charge in [-0.15, -0.1) is 0 Å². The first kappa shape index (κ1) is 12.1. The molecule has 0 bridgehead atoms. The van der Waals surface area contributed by atoms with Crippen LogP contribution in [0.25, 0.3) is 0 Å². The predicted octanol–water partition coefficient (Wildman–Crippen LogP) is 1.28. The molecule has 2 rings (SSSR count). The summed E-state index contributed by atoms with van der Waals surface area (Å²) >= 11 is 0. The van der Waals surface area contributed by atoms with Crippen LogP contribution in [-0.4, -0.2) is 29.5 Å². The monoisotopic (exact) mass is 253 g/mol. The lowest BCUT2D eigenvalue weighted by atomic mass is 9.94. The van der Waals surface area contributed by atoms with Crippen LogP contribution in [0.4, 0.5) is 0 Å². The van der Waals surface area contributed by atoms with Gasteiger partial charge in [-0.1, -0.05) is 6.42 Å². The summed E-state index contributed by atoms with van der Waals surface area (Å²) in [5, 5.41) is 8.63. The molecule has 0 amide bonds. The zero-order valence-electron chi connectivity index (χ0n) is 9.70. The van der Waals surface area contributed by atoms with Crippen molar-refractivity contribution in [1.82, 2.24) is 9.55 Å². The average Bonchev–Trinajstić information content (AvgIpc) is 2.76. The lowest BCUT2D eigenvalue weighted by Gasteiger charge is -2.29. The summed E-state index contributed by atoms with van der Waals surface area (Å²) in [5.74, 6) is 0.365. The van der Waals surface area contributed by atoms with Gasteiger partial charge in [-0.25, -0.2) is 13.4 Å². The standard InChI is InChI=1S/C11H15N3O2S/c1-17(15,16)10-4-2-3-9(7-10)14-6-5-13-11(14)8-12/h5-6,9-10H,2-4,7H2,1H3. The van der Waals surface area contributed by atoms with Gasteiger partial charge in [0.2, 0.25) is 5.82 Å². The van der Waals surface area contributed by atoms with Crippen molar-refractivity contribution >= 4 is 9.84 Å². The van der Waals surface area contributed by atoms with E-state index in [0.29, 0.717) is 12.2 Å². The normalized spacial score (nSPS) is 25.4. The van der Waals surface area contributed by atoms with Crippen molar-refractivity contribution in [3.8, 4) is 6.07 Å². The van der Waals surface area contributed by atoms with Gasteiger partial charge in [0.15, 0.2) is 0 Å². The molecule has 1 aromatic heterocycles. The van der Waals surface area contributed by atoms with Gasteiger partial charge < -0.3 is 4.57 Å². The maximum absolute atomic E-state index is 11.6. The number of imidazole rings is 1. The Kier molecular flexibility index (Phi) is 3.20. The van der Waals surface area contributed by atoms with E-state index in [4.69, 9.17) is 5.26 Å². The lowest BCUT2D eigenvalue weighted by molar-refractivity contribution is 0.350. The SMILES string of the molecule is CS(=O)(=O)C1CCCC(n2ccnc2C#N)C1. The van der Waals surface area contributed by atoms with E-state index in [-0.39, 0.29) is 11.3 Å². The second-order valence-corrected chi connectivity index (χ2v) is 6.87. The molecule has 5 nitrogen and oxygen atoms in total. The maximum atomic E-state index is 11.6. The molecular formula is C11H15N3O2S. The minimum atomic E-state index is -2.99. The van der Waals surface area contributed by atoms with E-state index in [2.05, 4.69) is 4.98 Å². The summed E-state index contributed by atoms with van der Waals surface area (Å²) in [7, 11) is -2.99. The highest BCUT2D eigenvalue weighted by Crippen LogP contribution is 2.32. The van der Waals surface area contributed by atoms with Gasteiger partial charge in [-0.3, -0.25) is 0 Å². The van der Waals surface area contributed by atoms with E-state index < -0.39 is 9.84 Å². The molecule has 0 saturated heterocycles. The summed E-state index contributed by atoms with van der Waals surface area (Å²) in [6.07, 6.45) is 7.74. The summed E-state index contributed by atoms with van der Waals surface area (Å²) in [6.45, 7) is 0. The highest BCUT2D eigenvalue weighted by atomic mass is 32.2. The molecule has 1 aromatic rings. The summed E-state index contributed by atoms with van der Waals surface area (Å²) in [5.41, 5.74) is 0. The number of nitriles is 1. The second kappa shape index (κ2) is 4.49. The van der Waals surface area contributed by atoms with Crippen LogP contribution in [0, 0.1) is 11.3 Å². The largest absolute Gasteiger partial charge is 0.320 e. The van der Waals surface area contributed by atoms with Crippen molar-refractivity contribution < 1.29 is 8.42 Å². The van der Waals surface area contributed by atoms with Crippen molar-refractivity contribution in [2.75, 3.05) is 6.26 Å². The average molecular weight is 253 g/mol. The number of sulfone groups is 1. The second-order valence-electron chi connectivity index (χ2n) is 4.54. The molecule has 1 saturated carbocycles. The van der Waals surface area contributed by atoms with E-state index in [1.807, 2.05) is 6.07 Å². The fourth-order valence-electron chi connectivity index (χ4n) is 2.46. The van der Waals surface area contributed by atoms with Crippen molar-refractivity contribution in [3.05, 3.63) is 18.2 Å². The molecular weight excluding hydrogens is 238 g/mol. The highest BCUT2D eigenvalue weighted by molar-refractivity contribution is 7.91. The smallest absolute Gasteiger partial charge is 0.212 e. The van der Waals surface area contributed by atoms with Crippen molar-refractivity contribution in [2.45, 2.75) is 37.0 Å². The molecule has 0 aliphatic heterocycles. The summed E-state index contributed by atoms with van der Waals surface area (Å²) < 4.78 is 24.9. The van der Waals surface area contributed by atoms with E-state index in [9.17, 15) is 8.42 Å². The Hall–Kier alpha value is -1.35. The van der Waals surface area contributed by atoms with Crippen LogP contribution in [0.15, 0.2) is 12.4 Å². The molecule has 2 atom stereocenters. The molecule has 0 aromatic carbocycles. The third kappa shape index (κ3) is 2.50. The number of hydrogen-bond acceptors (Lipinski definition) is 4. The van der Waals surface area contributed by atoms with Gasteiger partial charge in [-0.05, 0) is 19.3 Å². The third-order valence-corrected chi connectivity index (χ3v) is 5.01. The fourth-order valence-corrected chi connectivity index (χ4v) is 3.62. The first-order chi connectivity index (χ1) is 8.02. The lowest BCUT2D eigenvalue weighted by Crippen LogP contribution is -2.29. The van der Waals surface area contributed by atoms with E-state index in [1.54, 1.807) is 17.0 Å². The van der Waals surface area contributed by atoms with Crippen molar-refractivity contribution in [1.29, 1.82) is 5.26 Å². The predicted molar refractivity (Wildman–Crippen MR) is 63.1 cm³/mol. The van der Waals surface area contributed by atoms with Crippen LogP contribution in [0.5, 0.6) is 0 Å². The number of rotatable bonds is 2. The van der Waals surface area contributed by atoms with Crippen LogP contribution in [-0.2, 0) is 9.84 Å². The molecule has 1 aliphatic rings. The topological polar surface area (TPSA) is 75.8 Å². The number of nitrogens with zero attached hydrogens (tertiary/aromatic N) is 3. The molecule has 92 valence electrons. The minimum absolute atomic E-state index is 0.0839. The number of hydrogen-bond donors (Lipinski definition) is 0. The van der Waals surface area contributed by atoms with Crippen LogP contribution in [0.1, 0.15) is 37.5 Å². The molecule has 6 heteroatoms. The van der Waals surface area contributed by atoms with Crippen LogP contribution in [0.3, 0.4) is 0 Å². The summed E-state index contributed by atoms with van der Waals surface area (Å²) in [4.78, 5) is 3.95. The van der Waals surface area contributed by atoms with Gasteiger partial charge in [-0.2, -0.15) is 5.26 Å². The summed E-state index contributed by atoms with van der Waals surface area (Å²) in [6, 6.07) is 2.11. The molecule has 2 unspecified atom stereocenters. The van der Waals surface area contributed by atoms with E-state index >= 15 is 0 Å². The Labute approximate surface area is 101 Å². The molecule has 1 aliphatic carbocycles. The zero-order chi connectivity index (χ0) is 12.5. The minimum Gasteiger partial charge on any atom is -0.320 e. The van der Waals surface area contributed by atoms with Crippen molar-refractivity contribution in [3.63, 3.8) is 0 Å². The molecule has 0 spiro atoms. The Morgan fingerprint density at radius 2 is 2.29 bits per heavy atom. The van der Waals surface area contributed by atoms with Crippen molar-refractivity contribution in [2.24, 2.45) is 0 Å². The fraction of sp³-hybridized carbons (Fsp3) is 0.636. The Morgan fingerprint density at radius 3 is 2.94 bits per heavy atom. The Bertz CT molecular complexity index is 541. The van der Waals surface area contributed by atoms with Gasteiger partial charge in [0, 0.05) is 24.7 Å². The molecule has 0 N–H and O–H groups in total. The first-order valence-electron chi connectivity index (χ1n) is 5.64. The van der Waals surface area contributed by atoms with Crippen LogP contribution in [0.2, 0.25) is 0 Å². The quantitative estimate of drug-likeness (QED) is 0.795. The van der Waals surface area contributed by atoms with Gasteiger partial charge in [0.1, 0.15) is 15.9 Å². The van der Waals surface area contributed by atoms with Gasteiger partial charge in [0.25, 0.3) is 0 Å². The highest BCUT2D eigenvalue weighted by Gasteiger charge is 2.30. The molecule has 1 heterocycles. The zero-order valence-corrected chi connectivity index (χ0v) is 10.5. The van der Waals surface area contributed by atoms with Crippen LogP contribution < -0.4 is 0 Å². The first-order valence-corrected chi connectivity index (χ1v) is 7.59.